The van der Waals surface area contributed by atoms with Crippen molar-refractivity contribution in [3.63, 3.8) is 0 Å². The Morgan fingerprint density at radius 2 is 1.56 bits per heavy atom. The number of alkyl halides is 2. The predicted octanol–water partition coefficient (Wildman–Crippen LogP) is 3.12. The third kappa shape index (κ3) is 3.56. The van der Waals surface area contributed by atoms with Crippen LogP contribution in [0.15, 0.2) is 24.3 Å². The van der Waals surface area contributed by atoms with Crippen molar-refractivity contribution in [1.82, 2.24) is 0 Å². The van der Waals surface area contributed by atoms with Crippen molar-refractivity contribution in [2.75, 3.05) is 6.54 Å². The van der Waals surface area contributed by atoms with Crippen molar-refractivity contribution < 1.29 is 8.78 Å². The molecule has 0 fully saturated rings. The quantitative estimate of drug-likeness (QED) is 0.843. The van der Waals surface area contributed by atoms with Crippen LogP contribution in [0.25, 0.3) is 0 Å². The molecular weight excluding hydrogens is 208 g/mol. The van der Waals surface area contributed by atoms with E-state index in [0.29, 0.717) is 5.56 Å². The van der Waals surface area contributed by atoms with Gasteiger partial charge in [0, 0.05) is 6.42 Å². The second-order valence-electron chi connectivity index (χ2n) is 5.18. The molecule has 2 N–H and O–H groups in total. The Morgan fingerprint density at radius 3 is 1.94 bits per heavy atom. The van der Waals surface area contributed by atoms with E-state index in [9.17, 15) is 8.78 Å². The van der Waals surface area contributed by atoms with Gasteiger partial charge in [0.05, 0.1) is 6.54 Å². The van der Waals surface area contributed by atoms with Crippen LogP contribution >= 0.6 is 0 Å². The molecule has 1 aromatic carbocycles. The molecule has 0 aliphatic heterocycles. The molecule has 0 unspecified atom stereocenters. The number of rotatable bonds is 3. The number of hydrogen-bond donors (Lipinski definition) is 1. The molecule has 0 aliphatic carbocycles. The molecule has 0 spiro atoms. The van der Waals surface area contributed by atoms with E-state index in [1.54, 1.807) is 12.1 Å². The third-order valence-corrected chi connectivity index (χ3v) is 2.58. The summed E-state index contributed by atoms with van der Waals surface area (Å²) in [6.45, 7) is 5.68. The number of halogens is 2. The zero-order valence-corrected chi connectivity index (χ0v) is 10.1. The monoisotopic (exact) mass is 227 g/mol. The molecule has 0 atom stereocenters. The second kappa shape index (κ2) is 4.50. The lowest BCUT2D eigenvalue weighted by Gasteiger charge is -2.20. The Balaban J connectivity index is 2.80. The fourth-order valence-corrected chi connectivity index (χ4v) is 1.49. The fraction of sp³-hybridized carbons (Fsp3) is 0.538. The predicted molar refractivity (Wildman–Crippen MR) is 62.8 cm³/mol. The SMILES string of the molecule is CC(C)(C)c1ccc(CC(F)(F)CN)cc1. The summed E-state index contributed by atoms with van der Waals surface area (Å²) in [4.78, 5) is 0. The first-order chi connectivity index (χ1) is 7.24. The highest BCUT2D eigenvalue weighted by atomic mass is 19.3. The van der Waals surface area contributed by atoms with Gasteiger partial charge in [-0.2, -0.15) is 0 Å². The molecule has 0 aliphatic rings. The summed E-state index contributed by atoms with van der Waals surface area (Å²) in [6.07, 6.45) is -0.284. The van der Waals surface area contributed by atoms with E-state index in [0.717, 1.165) is 5.56 Å². The second-order valence-corrected chi connectivity index (χ2v) is 5.18. The van der Waals surface area contributed by atoms with Gasteiger partial charge in [0.15, 0.2) is 0 Å². The van der Waals surface area contributed by atoms with Gasteiger partial charge in [-0.15, -0.1) is 0 Å². The van der Waals surface area contributed by atoms with Gasteiger partial charge in [-0.25, -0.2) is 8.78 Å². The molecule has 1 rings (SSSR count). The van der Waals surface area contributed by atoms with Gasteiger partial charge in [0.1, 0.15) is 0 Å². The van der Waals surface area contributed by atoms with Gasteiger partial charge in [-0.05, 0) is 16.5 Å². The lowest BCUT2D eigenvalue weighted by atomic mass is 9.86. The van der Waals surface area contributed by atoms with Gasteiger partial charge in [0.25, 0.3) is 5.92 Å². The Hall–Kier alpha value is -0.960. The van der Waals surface area contributed by atoms with Crippen LogP contribution in [0.5, 0.6) is 0 Å². The van der Waals surface area contributed by atoms with Crippen molar-refractivity contribution >= 4 is 0 Å². The summed E-state index contributed by atoms with van der Waals surface area (Å²) in [5.74, 6) is -2.80. The first-order valence-corrected chi connectivity index (χ1v) is 5.42. The lowest BCUT2D eigenvalue weighted by Crippen LogP contribution is -2.30. The molecule has 0 bridgehead atoms. The molecule has 1 aromatic rings. The molecule has 3 heteroatoms. The van der Waals surface area contributed by atoms with Crippen molar-refractivity contribution in [3.8, 4) is 0 Å². The van der Waals surface area contributed by atoms with Gasteiger partial charge in [-0.3, -0.25) is 0 Å². The van der Waals surface area contributed by atoms with Crippen LogP contribution in [0.2, 0.25) is 0 Å². The van der Waals surface area contributed by atoms with Crippen molar-refractivity contribution in [2.45, 2.75) is 38.5 Å². The lowest BCUT2D eigenvalue weighted by molar-refractivity contribution is 0.0115. The Kier molecular flexibility index (Phi) is 3.68. The molecule has 0 saturated heterocycles. The summed E-state index contributed by atoms with van der Waals surface area (Å²) in [5, 5.41) is 0. The van der Waals surface area contributed by atoms with E-state index in [4.69, 9.17) is 5.73 Å². The van der Waals surface area contributed by atoms with Gasteiger partial charge in [-0.1, -0.05) is 45.0 Å². The van der Waals surface area contributed by atoms with E-state index >= 15 is 0 Å². The number of hydrogen-bond acceptors (Lipinski definition) is 1. The first-order valence-electron chi connectivity index (χ1n) is 5.42. The van der Waals surface area contributed by atoms with E-state index < -0.39 is 12.5 Å². The Bertz CT molecular complexity index is 336. The van der Waals surface area contributed by atoms with Crippen LogP contribution in [-0.2, 0) is 11.8 Å². The molecule has 90 valence electrons. The van der Waals surface area contributed by atoms with Crippen molar-refractivity contribution in [2.24, 2.45) is 5.73 Å². The van der Waals surface area contributed by atoms with E-state index in [-0.39, 0.29) is 11.8 Å². The van der Waals surface area contributed by atoms with Gasteiger partial charge < -0.3 is 5.73 Å². The molecule has 0 saturated carbocycles. The number of benzene rings is 1. The van der Waals surface area contributed by atoms with Gasteiger partial charge >= 0.3 is 0 Å². The van der Waals surface area contributed by atoms with Crippen LogP contribution in [0.3, 0.4) is 0 Å². The van der Waals surface area contributed by atoms with Crippen LogP contribution < -0.4 is 5.73 Å². The minimum Gasteiger partial charge on any atom is -0.325 e. The highest BCUT2D eigenvalue weighted by Gasteiger charge is 2.27. The summed E-state index contributed by atoms with van der Waals surface area (Å²) >= 11 is 0. The van der Waals surface area contributed by atoms with Crippen LogP contribution in [0.4, 0.5) is 8.78 Å². The van der Waals surface area contributed by atoms with E-state index in [1.807, 2.05) is 12.1 Å². The highest BCUT2D eigenvalue weighted by molar-refractivity contribution is 5.28. The topological polar surface area (TPSA) is 26.0 Å². The minimum atomic E-state index is -2.80. The molecule has 1 nitrogen and oxygen atoms in total. The summed E-state index contributed by atoms with van der Waals surface area (Å²) in [6, 6.07) is 7.32. The third-order valence-electron chi connectivity index (χ3n) is 2.58. The van der Waals surface area contributed by atoms with Crippen molar-refractivity contribution in [3.05, 3.63) is 35.4 Å². The molecular formula is C13H19F2N. The Labute approximate surface area is 95.7 Å². The van der Waals surface area contributed by atoms with Crippen LogP contribution in [0, 0.1) is 0 Å². The minimum absolute atomic E-state index is 0.0505. The maximum Gasteiger partial charge on any atom is 0.264 e. The maximum atomic E-state index is 13.0. The summed E-state index contributed by atoms with van der Waals surface area (Å²) < 4.78 is 26.1. The summed E-state index contributed by atoms with van der Waals surface area (Å²) in [7, 11) is 0. The average Bonchev–Trinajstić information content (AvgIpc) is 2.16. The molecule has 16 heavy (non-hydrogen) atoms. The number of nitrogens with two attached hydrogens (primary N) is 1. The normalized spacial score (nSPS) is 12.9. The summed E-state index contributed by atoms with van der Waals surface area (Å²) in [5.41, 5.74) is 6.83. The standard InChI is InChI=1S/C13H19F2N/c1-12(2,3)11-6-4-10(5-7-11)8-13(14,15)9-16/h4-7H,8-9,16H2,1-3H3. The average molecular weight is 227 g/mol. The molecule has 0 radical (unpaired) electrons. The smallest absolute Gasteiger partial charge is 0.264 e. The van der Waals surface area contributed by atoms with Crippen molar-refractivity contribution in [1.29, 1.82) is 0 Å². The van der Waals surface area contributed by atoms with Crippen LogP contribution in [-0.4, -0.2) is 12.5 Å². The van der Waals surface area contributed by atoms with E-state index in [1.165, 1.54) is 0 Å². The molecule has 0 amide bonds. The fourth-order valence-electron chi connectivity index (χ4n) is 1.49. The molecule has 0 aromatic heterocycles. The van der Waals surface area contributed by atoms with Gasteiger partial charge in [0.2, 0.25) is 0 Å². The largest absolute Gasteiger partial charge is 0.325 e. The zero-order chi connectivity index (χ0) is 12.4. The highest BCUT2D eigenvalue weighted by Crippen LogP contribution is 2.24. The molecule has 0 heterocycles. The van der Waals surface area contributed by atoms with E-state index in [2.05, 4.69) is 20.8 Å². The maximum absolute atomic E-state index is 13.0. The first kappa shape index (κ1) is 13.1. The van der Waals surface area contributed by atoms with Crippen LogP contribution in [0.1, 0.15) is 31.9 Å². The Morgan fingerprint density at radius 1 is 1.06 bits per heavy atom. The zero-order valence-electron chi connectivity index (χ0n) is 10.1.